The Balaban J connectivity index is 1.62. The van der Waals surface area contributed by atoms with Crippen molar-refractivity contribution in [1.29, 1.82) is 0 Å². The van der Waals surface area contributed by atoms with Crippen molar-refractivity contribution >= 4 is 23.6 Å². The summed E-state index contributed by atoms with van der Waals surface area (Å²) in [6.45, 7) is 3.64. The summed E-state index contributed by atoms with van der Waals surface area (Å²) >= 11 is 0. The molecule has 1 N–H and O–H groups in total. The summed E-state index contributed by atoms with van der Waals surface area (Å²) in [5.74, 6) is 0.531. The molecule has 2 aromatic carbocycles. The second kappa shape index (κ2) is 8.54. The van der Waals surface area contributed by atoms with E-state index >= 15 is 0 Å². The lowest BCUT2D eigenvalue weighted by atomic mass is 10.1. The standard InChI is InChI=1S/C22H24N2O3/c1-16-5-11-20(27-2)18(15-16)8-12-21(25)23-19-9-6-17(7-10-19)22(26)24-13-3-4-14-24/h5-12,15H,3-4,13-14H2,1-2H3,(H,23,25)/b12-8+. The SMILES string of the molecule is COc1ccc(C)cc1/C=C/C(=O)Nc1ccc(C(=O)N2CCCC2)cc1. The van der Waals surface area contributed by atoms with Crippen LogP contribution in [0.25, 0.3) is 6.08 Å². The Morgan fingerprint density at radius 1 is 1.07 bits per heavy atom. The number of nitrogens with zero attached hydrogens (tertiary/aromatic N) is 1. The van der Waals surface area contributed by atoms with Gasteiger partial charge in [-0.25, -0.2) is 0 Å². The molecule has 2 amide bonds. The topological polar surface area (TPSA) is 58.6 Å². The zero-order valence-corrected chi connectivity index (χ0v) is 15.7. The first kappa shape index (κ1) is 18.7. The smallest absolute Gasteiger partial charge is 0.253 e. The van der Waals surface area contributed by atoms with E-state index in [-0.39, 0.29) is 11.8 Å². The third-order valence-electron chi connectivity index (χ3n) is 4.59. The van der Waals surface area contributed by atoms with Crippen molar-refractivity contribution in [3.05, 3.63) is 65.2 Å². The first-order valence-electron chi connectivity index (χ1n) is 9.10. The van der Waals surface area contributed by atoms with E-state index in [1.54, 1.807) is 37.5 Å². The van der Waals surface area contributed by atoms with Gasteiger partial charge in [-0.3, -0.25) is 9.59 Å². The largest absolute Gasteiger partial charge is 0.496 e. The zero-order chi connectivity index (χ0) is 19.2. The van der Waals surface area contributed by atoms with E-state index in [4.69, 9.17) is 4.74 Å². The third kappa shape index (κ3) is 4.76. The number of hydrogen-bond donors (Lipinski definition) is 1. The van der Waals surface area contributed by atoms with Gasteiger partial charge in [0.2, 0.25) is 5.91 Å². The zero-order valence-electron chi connectivity index (χ0n) is 15.7. The lowest BCUT2D eigenvalue weighted by molar-refractivity contribution is -0.111. The second-order valence-corrected chi connectivity index (χ2v) is 6.64. The Morgan fingerprint density at radius 3 is 2.44 bits per heavy atom. The predicted octanol–water partition coefficient (Wildman–Crippen LogP) is 3.89. The summed E-state index contributed by atoms with van der Waals surface area (Å²) in [7, 11) is 1.60. The molecule has 5 nitrogen and oxygen atoms in total. The van der Waals surface area contributed by atoms with Gasteiger partial charge in [-0.1, -0.05) is 11.6 Å². The molecule has 3 rings (SSSR count). The average molecular weight is 364 g/mol. The van der Waals surface area contributed by atoms with Crippen LogP contribution in [0, 0.1) is 6.92 Å². The molecule has 0 aromatic heterocycles. The Kier molecular flexibility index (Phi) is 5.91. The van der Waals surface area contributed by atoms with Crippen molar-refractivity contribution in [2.24, 2.45) is 0 Å². The maximum Gasteiger partial charge on any atom is 0.253 e. The van der Waals surface area contributed by atoms with Gasteiger partial charge in [0, 0.05) is 36.0 Å². The fourth-order valence-corrected chi connectivity index (χ4v) is 3.13. The Bertz CT molecular complexity index is 850. The Labute approximate surface area is 159 Å². The fourth-order valence-electron chi connectivity index (χ4n) is 3.13. The molecule has 1 aliphatic rings. The number of rotatable bonds is 5. The molecule has 1 fully saturated rings. The molecule has 0 spiro atoms. The first-order valence-corrected chi connectivity index (χ1v) is 9.10. The average Bonchev–Trinajstić information content (AvgIpc) is 3.21. The Hall–Kier alpha value is -3.08. The van der Waals surface area contributed by atoms with Crippen LogP contribution in [0.15, 0.2) is 48.5 Å². The number of hydrogen-bond acceptors (Lipinski definition) is 3. The van der Waals surface area contributed by atoms with E-state index in [2.05, 4.69) is 5.32 Å². The number of anilines is 1. The number of nitrogens with one attached hydrogen (secondary N) is 1. The van der Waals surface area contributed by atoms with Crippen LogP contribution in [-0.4, -0.2) is 36.9 Å². The first-order chi connectivity index (χ1) is 13.1. The molecule has 1 aliphatic heterocycles. The van der Waals surface area contributed by atoms with Gasteiger partial charge in [0.15, 0.2) is 0 Å². The second-order valence-electron chi connectivity index (χ2n) is 6.64. The summed E-state index contributed by atoms with van der Waals surface area (Å²) in [4.78, 5) is 26.4. The summed E-state index contributed by atoms with van der Waals surface area (Å²) in [6.07, 6.45) is 5.34. The van der Waals surface area contributed by atoms with E-state index in [1.807, 2.05) is 30.0 Å². The maximum atomic E-state index is 12.3. The molecule has 0 aliphatic carbocycles. The number of likely N-dealkylation sites (tertiary alicyclic amines) is 1. The van der Waals surface area contributed by atoms with Gasteiger partial charge in [-0.05, 0) is 62.2 Å². The van der Waals surface area contributed by atoms with E-state index in [9.17, 15) is 9.59 Å². The van der Waals surface area contributed by atoms with Gasteiger partial charge in [0.1, 0.15) is 5.75 Å². The van der Waals surface area contributed by atoms with E-state index in [0.717, 1.165) is 42.8 Å². The maximum absolute atomic E-state index is 12.3. The minimum atomic E-state index is -0.239. The molecule has 0 radical (unpaired) electrons. The van der Waals surface area contributed by atoms with Gasteiger partial charge in [-0.15, -0.1) is 0 Å². The van der Waals surface area contributed by atoms with Gasteiger partial charge in [0.25, 0.3) is 5.91 Å². The van der Waals surface area contributed by atoms with E-state index in [1.165, 1.54) is 6.08 Å². The minimum absolute atomic E-state index is 0.0526. The molecule has 0 saturated carbocycles. The van der Waals surface area contributed by atoms with Gasteiger partial charge >= 0.3 is 0 Å². The predicted molar refractivity (Wildman–Crippen MR) is 107 cm³/mol. The third-order valence-corrected chi connectivity index (χ3v) is 4.59. The number of aryl methyl sites for hydroxylation is 1. The van der Waals surface area contributed by atoms with Crippen LogP contribution in [0.1, 0.15) is 34.3 Å². The highest BCUT2D eigenvalue weighted by Crippen LogP contribution is 2.21. The summed E-state index contributed by atoms with van der Waals surface area (Å²) in [5.41, 5.74) is 3.24. The molecule has 1 saturated heterocycles. The highest BCUT2D eigenvalue weighted by Gasteiger charge is 2.19. The van der Waals surface area contributed by atoms with Crippen LogP contribution < -0.4 is 10.1 Å². The molecule has 140 valence electrons. The van der Waals surface area contributed by atoms with Crippen molar-refractivity contribution < 1.29 is 14.3 Å². The van der Waals surface area contributed by atoms with Gasteiger partial charge in [0.05, 0.1) is 7.11 Å². The Morgan fingerprint density at radius 2 is 1.78 bits per heavy atom. The number of amides is 2. The molecule has 2 aromatic rings. The molecule has 0 atom stereocenters. The molecule has 0 unspecified atom stereocenters. The molecule has 27 heavy (non-hydrogen) atoms. The number of benzene rings is 2. The number of carbonyl (C=O) groups is 2. The number of carbonyl (C=O) groups excluding carboxylic acids is 2. The van der Waals surface area contributed by atoms with Crippen LogP contribution in [0.3, 0.4) is 0 Å². The monoisotopic (exact) mass is 364 g/mol. The van der Waals surface area contributed by atoms with Crippen LogP contribution in [0.4, 0.5) is 5.69 Å². The van der Waals surface area contributed by atoms with Crippen molar-refractivity contribution in [3.8, 4) is 5.75 Å². The summed E-state index contributed by atoms with van der Waals surface area (Å²) in [5, 5.41) is 2.81. The normalized spacial score (nSPS) is 13.8. The van der Waals surface area contributed by atoms with E-state index in [0.29, 0.717) is 11.3 Å². The highest BCUT2D eigenvalue weighted by atomic mass is 16.5. The molecular weight excluding hydrogens is 340 g/mol. The van der Waals surface area contributed by atoms with Crippen LogP contribution in [0.2, 0.25) is 0 Å². The quantitative estimate of drug-likeness (QED) is 0.819. The van der Waals surface area contributed by atoms with Crippen LogP contribution >= 0.6 is 0 Å². The lowest BCUT2D eigenvalue weighted by Gasteiger charge is -2.15. The lowest BCUT2D eigenvalue weighted by Crippen LogP contribution is -2.27. The van der Waals surface area contributed by atoms with Crippen molar-refractivity contribution in [2.75, 3.05) is 25.5 Å². The van der Waals surface area contributed by atoms with Crippen molar-refractivity contribution in [3.63, 3.8) is 0 Å². The number of ether oxygens (including phenoxy) is 1. The molecule has 5 heteroatoms. The minimum Gasteiger partial charge on any atom is -0.496 e. The fraction of sp³-hybridized carbons (Fsp3) is 0.273. The molecule has 1 heterocycles. The number of methoxy groups -OCH3 is 1. The van der Waals surface area contributed by atoms with Crippen LogP contribution in [-0.2, 0) is 4.79 Å². The van der Waals surface area contributed by atoms with Gasteiger partial charge < -0.3 is 15.0 Å². The molecule has 0 bridgehead atoms. The summed E-state index contributed by atoms with van der Waals surface area (Å²) in [6, 6.07) is 12.8. The van der Waals surface area contributed by atoms with Crippen molar-refractivity contribution in [1.82, 2.24) is 4.90 Å². The summed E-state index contributed by atoms with van der Waals surface area (Å²) < 4.78 is 5.31. The highest BCUT2D eigenvalue weighted by molar-refractivity contribution is 6.02. The molecular formula is C22H24N2O3. The van der Waals surface area contributed by atoms with E-state index < -0.39 is 0 Å². The van der Waals surface area contributed by atoms with Crippen LogP contribution in [0.5, 0.6) is 5.75 Å². The van der Waals surface area contributed by atoms with Crippen molar-refractivity contribution in [2.45, 2.75) is 19.8 Å². The van der Waals surface area contributed by atoms with Gasteiger partial charge in [-0.2, -0.15) is 0 Å².